The summed E-state index contributed by atoms with van der Waals surface area (Å²) in [5, 5.41) is 2.20. The van der Waals surface area contributed by atoms with E-state index in [0.717, 1.165) is 33.3 Å². The molecule has 3 nitrogen and oxygen atoms in total. The second-order valence-corrected chi connectivity index (χ2v) is 6.57. The minimum absolute atomic E-state index is 0.595. The lowest BCUT2D eigenvalue weighted by Gasteiger charge is -2.06. The van der Waals surface area contributed by atoms with E-state index in [1.165, 1.54) is 31.4 Å². The Morgan fingerprint density at radius 2 is 1.79 bits per heavy atom. The third kappa shape index (κ3) is 2.12. The number of rotatable bonds is 2. The van der Waals surface area contributed by atoms with Crippen molar-refractivity contribution in [2.24, 2.45) is 0 Å². The van der Waals surface area contributed by atoms with Crippen LogP contribution < -0.4 is 0 Å². The molecule has 1 fully saturated rings. The first kappa shape index (κ1) is 13.7. The number of hydrogen-bond donors (Lipinski definition) is 0. The fraction of sp³-hybridized carbons (Fsp3) is 0.238. The van der Waals surface area contributed by atoms with Crippen molar-refractivity contribution in [3.63, 3.8) is 0 Å². The molecular formula is C21H18N2O. The van der Waals surface area contributed by atoms with Gasteiger partial charge in [-0.25, -0.2) is 4.98 Å². The molecule has 1 saturated carbocycles. The average molecular weight is 314 g/mol. The van der Waals surface area contributed by atoms with Gasteiger partial charge in [0, 0.05) is 34.1 Å². The van der Waals surface area contributed by atoms with E-state index >= 15 is 0 Å². The van der Waals surface area contributed by atoms with Crippen molar-refractivity contribution in [1.29, 1.82) is 0 Å². The van der Waals surface area contributed by atoms with Crippen LogP contribution in [0.25, 0.3) is 33.3 Å². The van der Waals surface area contributed by atoms with Crippen LogP contribution in [0.3, 0.4) is 0 Å². The first-order chi connectivity index (χ1) is 11.9. The summed E-state index contributed by atoms with van der Waals surface area (Å²) in [4.78, 5) is 9.31. The summed E-state index contributed by atoms with van der Waals surface area (Å²) in [6.45, 7) is 0. The van der Waals surface area contributed by atoms with Gasteiger partial charge in [0.1, 0.15) is 5.58 Å². The van der Waals surface area contributed by atoms with Crippen molar-refractivity contribution in [2.45, 2.75) is 31.6 Å². The van der Waals surface area contributed by atoms with Crippen LogP contribution in [0, 0.1) is 0 Å². The fourth-order valence-electron chi connectivity index (χ4n) is 3.87. The quantitative estimate of drug-likeness (QED) is 0.476. The zero-order valence-electron chi connectivity index (χ0n) is 13.4. The number of pyridine rings is 2. The number of nitrogens with zero attached hydrogens (tertiary/aromatic N) is 2. The van der Waals surface area contributed by atoms with Crippen LogP contribution in [0.5, 0.6) is 0 Å². The highest BCUT2D eigenvalue weighted by atomic mass is 16.3. The zero-order valence-corrected chi connectivity index (χ0v) is 13.4. The normalized spacial score (nSPS) is 15.5. The molecule has 3 heteroatoms. The molecule has 1 aliphatic rings. The van der Waals surface area contributed by atoms with E-state index in [4.69, 9.17) is 9.40 Å². The zero-order chi connectivity index (χ0) is 15.9. The molecule has 0 amide bonds. The van der Waals surface area contributed by atoms with Crippen LogP contribution >= 0.6 is 0 Å². The SMILES string of the molecule is c1ccc(-c2cccc3c2oc2nc(C4CCCC4)ccc23)nc1. The Bertz CT molecular complexity index is 1010. The third-order valence-corrected chi connectivity index (χ3v) is 5.10. The van der Waals surface area contributed by atoms with Crippen LogP contribution in [-0.2, 0) is 0 Å². The van der Waals surface area contributed by atoms with Gasteiger partial charge in [-0.1, -0.05) is 31.0 Å². The summed E-state index contributed by atoms with van der Waals surface area (Å²) in [7, 11) is 0. The molecule has 0 spiro atoms. The first-order valence-corrected chi connectivity index (χ1v) is 8.64. The molecule has 3 aromatic heterocycles. The minimum atomic E-state index is 0.595. The monoisotopic (exact) mass is 314 g/mol. The van der Waals surface area contributed by atoms with Gasteiger partial charge in [0.2, 0.25) is 5.71 Å². The number of para-hydroxylation sites is 1. The van der Waals surface area contributed by atoms with E-state index in [2.05, 4.69) is 35.3 Å². The van der Waals surface area contributed by atoms with Crippen LogP contribution in [0.1, 0.15) is 37.3 Å². The molecule has 0 bridgehead atoms. The molecule has 0 radical (unpaired) electrons. The Kier molecular flexibility index (Phi) is 3.12. The second-order valence-electron chi connectivity index (χ2n) is 6.57. The number of fused-ring (bicyclic) bond motifs is 3. The third-order valence-electron chi connectivity index (χ3n) is 5.10. The highest BCUT2D eigenvalue weighted by molar-refractivity contribution is 6.08. The summed E-state index contributed by atoms with van der Waals surface area (Å²) in [6.07, 6.45) is 6.94. The molecule has 3 heterocycles. The van der Waals surface area contributed by atoms with Crippen molar-refractivity contribution < 1.29 is 4.42 Å². The van der Waals surface area contributed by atoms with E-state index in [1.807, 2.05) is 24.4 Å². The van der Waals surface area contributed by atoms with Crippen LogP contribution in [-0.4, -0.2) is 9.97 Å². The number of hydrogen-bond acceptors (Lipinski definition) is 3. The Labute approximate surface area is 140 Å². The average Bonchev–Trinajstić information content (AvgIpc) is 3.29. The lowest BCUT2D eigenvalue weighted by atomic mass is 10.0. The predicted molar refractivity (Wildman–Crippen MR) is 96.0 cm³/mol. The molecule has 5 rings (SSSR count). The molecule has 0 unspecified atom stereocenters. The van der Waals surface area contributed by atoms with Gasteiger partial charge in [0.15, 0.2) is 0 Å². The van der Waals surface area contributed by atoms with Crippen molar-refractivity contribution in [1.82, 2.24) is 9.97 Å². The van der Waals surface area contributed by atoms with Gasteiger partial charge in [-0.15, -0.1) is 0 Å². The topological polar surface area (TPSA) is 38.9 Å². The Hall–Kier alpha value is -2.68. The van der Waals surface area contributed by atoms with Crippen molar-refractivity contribution in [2.75, 3.05) is 0 Å². The summed E-state index contributed by atoms with van der Waals surface area (Å²) < 4.78 is 6.19. The lowest BCUT2D eigenvalue weighted by Crippen LogP contribution is -1.95. The second kappa shape index (κ2) is 5.45. The van der Waals surface area contributed by atoms with E-state index in [9.17, 15) is 0 Å². The molecule has 1 aromatic carbocycles. The van der Waals surface area contributed by atoms with Crippen LogP contribution in [0.4, 0.5) is 0 Å². The number of furan rings is 1. The molecule has 0 saturated heterocycles. The van der Waals surface area contributed by atoms with Gasteiger partial charge >= 0.3 is 0 Å². The molecule has 24 heavy (non-hydrogen) atoms. The Morgan fingerprint density at radius 3 is 2.62 bits per heavy atom. The maximum absolute atomic E-state index is 6.19. The number of aromatic nitrogens is 2. The Morgan fingerprint density at radius 1 is 0.875 bits per heavy atom. The predicted octanol–water partition coefficient (Wildman–Crippen LogP) is 5.70. The first-order valence-electron chi connectivity index (χ1n) is 8.64. The van der Waals surface area contributed by atoms with Crippen molar-refractivity contribution >= 4 is 22.1 Å². The van der Waals surface area contributed by atoms with Crippen LogP contribution in [0.2, 0.25) is 0 Å². The summed E-state index contributed by atoms with van der Waals surface area (Å²) in [6, 6.07) is 16.5. The van der Waals surface area contributed by atoms with Gasteiger partial charge < -0.3 is 4.42 Å². The molecule has 0 aliphatic heterocycles. The van der Waals surface area contributed by atoms with Gasteiger partial charge in [-0.3, -0.25) is 4.98 Å². The molecule has 0 N–H and O–H groups in total. The summed E-state index contributed by atoms with van der Waals surface area (Å²) in [5.41, 5.74) is 4.75. The standard InChI is InChI=1S/C21H18N2O/c1-2-7-14(6-1)18-12-11-16-15-8-5-9-17(19-10-3-4-13-22-19)20(15)24-21(16)23-18/h3-5,8-14H,1-2,6-7H2. The number of benzene rings is 1. The molecule has 0 atom stereocenters. The fourth-order valence-corrected chi connectivity index (χ4v) is 3.87. The maximum Gasteiger partial charge on any atom is 0.227 e. The van der Waals surface area contributed by atoms with Gasteiger partial charge in [0.25, 0.3) is 0 Å². The highest BCUT2D eigenvalue weighted by Crippen LogP contribution is 2.37. The van der Waals surface area contributed by atoms with Gasteiger partial charge in [-0.2, -0.15) is 0 Å². The molecule has 1 aliphatic carbocycles. The molecular weight excluding hydrogens is 296 g/mol. The molecule has 118 valence electrons. The van der Waals surface area contributed by atoms with Gasteiger partial charge in [-0.05, 0) is 43.2 Å². The summed E-state index contributed by atoms with van der Waals surface area (Å²) >= 11 is 0. The van der Waals surface area contributed by atoms with Crippen molar-refractivity contribution in [3.8, 4) is 11.3 Å². The van der Waals surface area contributed by atoms with Crippen molar-refractivity contribution in [3.05, 3.63) is 60.4 Å². The van der Waals surface area contributed by atoms with E-state index < -0.39 is 0 Å². The van der Waals surface area contributed by atoms with Crippen LogP contribution in [0.15, 0.2) is 59.1 Å². The molecule has 4 aromatic rings. The largest absolute Gasteiger partial charge is 0.437 e. The maximum atomic E-state index is 6.19. The summed E-state index contributed by atoms with van der Waals surface area (Å²) in [5.74, 6) is 0.595. The smallest absolute Gasteiger partial charge is 0.227 e. The van der Waals surface area contributed by atoms with E-state index in [0.29, 0.717) is 5.92 Å². The van der Waals surface area contributed by atoms with E-state index in [1.54, 1.807) is 0 Å². The lowest BCUT2D eigenvalue weighted by molar-refractivity contribution is 0.638. The minimum Gasteiger partial charge on any atom is -0.437 e. The Balaban J connectivity index is 1.72. The highest BCUT2D eigenvalue weighted by Gasteiger charge is 2.20. The van der Waals surface area contributed by atoms with E-state index in [-0.39, 0.29) is 0 Å². The van der Waals surface area contributed by atoms with Gasteiger partial charge in [0.05, 0.1) is 5.69 Å².